The molecule has 0 saturated heterocycles. The van der Waals surface area contributed by atoms with Gasteiger partial charge in [-0.25, -0.2) is 4.79 Å². The van der Waals surface area contributed by atoms with Gasteiger partial charge < -0.3 is 18.8 Å². The first-order valence-corrected chi connectivity index (χ1v) is 10.7. The molecule has 2 aromatic carbocycles. The van der Waals surface area contributed by atoms with E-state index in [9.17, 15) is 13.2 Å². The highest BCUT2D eigenvalue weighted by Crippen LogP contribution is 2.19. The molecule has 1 N–H and O–H groups in total. The van der Waals surface area contributed by atoms with Gasteiger partial charge in [-0.1, -0.05) is 30.3 Å². The molecule has 3 aromatic rings. The van der Waals surface area contributed by atoms with Crippen LogP contribution in [0, 0.1) is 6.92 Å². The summed E-state index contributed by atoms with van der Waals surface area (Å²) in [5.74, 6) is 0.875. The van der Waals surface area contributed by atoms with Crippen molar-refractivity contribution in [2.24, 2.45) is 0 Å². The van der Waals surface area contributed by atoms with E-state index in [4.69, 9.17) is 8.60 Å². The first-order valence-electron chi connectivity index (χ1n) is 8.92. The predicted octanol–water partition coefficient (Wildman–Crippen LogP) is 4.16. The molecule has 152 valence electrons. The van der Waals surface area contributed by atoms with E-state index < -0.39 is 10.1 Å². The predicted molar refractivity (Wildman–Crippen MR) is 110 cm³/mol. The molecule has 0 aliphatic heterocycles. The largest absolute Gasteiger partial charge is 0.467 e. The summed E-state index contributed by atoms with van der Waals surface area (Å²) in [7, 11) is -3.59. The Bertz CT molecular complexity index is 1060. The van der Waals surface area contributed by atoms with E-state index in [1.165, 1.54) is 0 Å². The second kappa shape index (κ2) is 8.83. The first-order chi connectivity index (χ1) is 13.8. The second-order valence-corrected chi connectivity index (χ2v) is 8.19. The molecule has 7 nitrogen and oxygen atoms in total. The van der Waals surface area contributed by atoms with Crippen molar-refractivity contribution >= 4 is 21.8 Å². The van der Waals surface area contributed by atoms with Crippen molar-refractivity contribution in [3.63, 3.8) is 0 Å². The van der Waals surface area contributed by atoms with Crippen LogP contribution in [0.4, 0.5) is 10.5 Å². The zero-order valence-electron chi connectivity index (χ0n) is 16.2. The van der Waals surface area contributed by atoms with Crippen LogP contribution in [0.2, 0.25) is 0 Å². The Labute approximate surface area is 170 Å². The summed E-state index contributed by atoms with van der Waals surface area (Å²) in [6.07, 6.45) is 2.55. The molecule has 0 aliphatic carbocycles. The molecule has 1 heterocycles. The number of hydrogen-bond acceptors (Lipinski definition) is 5. The van der Waals surface area contributed by atoms with Crippen LogP contribution in [0.1, 0.15) is 16.9 Å². The third-order valence-corrected chi connectivity index (χ3v) is 4.64. The molecule has 8 heteroatoms. The Morgan fingerprint density at radius 2 is 1.76 bits per heavy atom. The average molecular weight is 414 g/mol. The maximum Gasteiger partial charge on any atom is 0.322 e. The number of amides is 2. The van der Waals surface area contributed by atoms with Gasteiger partial charge in [0.15, 0.2) is 0 Å². The number of para-hydroxylation sites is 1. The summed E-state index contributed by atoms with van der Waals surface area (Å²) < 4.78 is 32.7. The van der Waals surface area contributed by atoms with E-state index in [1.807, 2.05) is 31.2 Å². The van der Waals surface area contributed by atoms with Crippen LogP contribution >= 0.6 is 0 Å². The van der Waals surface area contributed by atoms with Crippen molar-refractivity contribution in [1.82, 2.24) is 4.90 Å². The third kappa shape index (κ3) is 6.11. The van der Waals surface area contributed by atoms with Crippen LogP contribution in [-0.4, -0.2) is 25.6 Å². The summed E-state index contributed by atoms with van der Waals surface area (Å²) in [6, 6.07) is 17.4. The maximum absolute atomic E-state index is 12.9. The van der Waals surface area contributed by atoms with Crippen LogP contribution < -0.4 is 9.50 Å². The first kappa shape index (κ1) is 20.5. The molecule has 2 amide bonds. The van der Waals surface area contributed by atoms with E-state index in [0.29, 0.717) is 12.3 Å². The van der Waals surface area contributed by atoms with Crippen molar-refractivity contribution in [2.75, 3.05) is 11.6 Å². The normalized spacial score (nSPS) is 11.1. The van der Waals surface area contributed by atoms with Gasteiger partial charge in [-0.05, 0) is 48.4 Å². The van der Waals surface area contributed by atoms with Gasteiger partial charge in [-0.2, -0.15) is 8.42 Å². The number of nitrogens with zero attached hydrogens (tertiary/aromatic N) is 1. The number of carbonyl (C=O) groups is 1. The third-order valence-electron chi connectivity index (χ3n) is 4.15. The average Bonchev–Trinajstić information content (AvgIpc) is 3.16. The van der Waals surface area contributed by atoms with Crippen LogP contribution in [0.3, 0.4) is 0 Å². The fourth-order valence-electron chi connectivity index (χ4n) is 2.74. The fraction of sp³-hybridized carbons (Fsp3) is 0.190. The highest BCUT2D eigenvalue weighted by Gasteiger charge is 2.17. The van der Waals surface area contributed by atoms with Crippen molar-refractivity contribution < 1.29 is 21.8 Å². The van der Waals surface area contributed by atoms with Gasteiger partial charge in [0.25, 0.3) is 0 Å². The summed E-state index contributed by atoms with van der Waals surface area (Å²) in [4.78, 5) is 14.5. The van der Waals surface area contributed by atoms with Gasteiger partial charge in [0.2, 0.25) is 0 Å². The lowest BCUT2D eigenvalue weighted by Crippen LogP contribution is -2.34. The number of hydrogen-bond donors (Lipinski definition) is 1. The molecule has 0 spiro atoms. The molecule has 29 heavy (non-hydrogen) atoms. The van der Waals surface area contributed by atoms with Crippen molar-refractivity contribution in [1.29, 1.82) is 0 Å². The van der Waals surface area contributed by atoms with E-state index in [0.717, 1.165) is 23.1 Å². The van der Waals surface area contributed by atoms with Crippen LogP contribution in [0.15, 0.2) is 71.3 Å². The molecule has 0 bridgehead atoms. The lowest BCUT2D eigenvalue weighted by atomic mass is 10.2. The van der Waals surface area contributed by atoms with E-state index in [1.54, 1.807) is 47.6 Å². The van der Waals surface area contributed by atoms with Gasteiger partial charge >= 0.3 is 16.1 Å². The van der Waals surface area contributed by atoms with E-state index >= 15 is 0 Å². The molecular formula is C21H22N2O5S. The van der Waals surface area contributed by atoms with Crippen molar-refractivity contribution in [2.45, 2.75) is 20.0 Å². The number of carbonyl (C=O) groups excluding carboxylic acids is 1. The zero-order chi connectivity index (χ0) is 20.9. The Hall–Kier alpha value is -3.26. The Morgan fingerprint density at radius 1 is 1.03 bits per heavy atom. The molecule has 3 rings (SSSR count). The van der Waals surface area contributed by atoms with Gasteiger partial charge in [0.1, 0.15) is 11.5 Å². The number of furan rings is 1. The number of aryl methyl sites for hydroxylation is 1. The summed E-state index contributed by atoms with van der Waals surface area (Å²) in [5.41, 5.74) is 2.51. The van der Waals surface area contributed by atoms with Gasteiger partial charge in [-0.3, -0.25) is 0 Å². The van der Waals surface area contributed by atoms with Crippen LogP contribution in [0.25, 0.3) is 0 Å². The monoisotopic (exact) mass is 414 g/mol. The van der Waals surface area contributed by atoms with Crippen molar-refractivity contribution in [3.05, 3.63) is 83.8 Å². The molecule has 0 aliphatic rings. The molecule has 0 radical (unpaired) electrons. The summed E-state index contributed by atoms with van der Waals surface area (Å²) >= 11 is 0. The minimum atomic E-state index is -3.59. The zero-order valence-corrected chi connectivity index (χ0v) is 17.0. The van der Waals surface area contributed by atoms with E-state index in [2.05, 4.69) is 5.32 Å². The fourth-order valence-corrected chi connectivity index (χ4v) is 3.20. The van der Waals surface area contributed by atoms with Crippen LogP contribution in [-0.2, 0) is 23.2 Å². The molecule has 0 fully saturated rings. The minimum absolute atomic E-state index is 0.221. The molecule has 0 unspecified atom stereocenters. The maximum atomic E-state index is 12.9. The molecule has 0 saturated carbocycles. The smallest absolute Gasteiger partial charge is 0.322 e. The Morgan fingerprint density at radius 3 is 2.38 bits per heavy atom. The minimum Gasteiger partial charge on any atom is -0.467 e. The van der Waals surface area contributed by atoms with Crippen molar-refractivity contribution in [3.8, 4) is 5.75 Å². The number of rotatable bonds is 7. The number of benzene rings is 2. The lowest BCUT2D eigenvalue weighted by Gasteiger charge is -2.23. The van der Waals surface area contributed by atoms with E-state index in [-0.39, 0.29) is 18.3 Å². The molecular weight excluding hydrogens is 392 g/mol. The number of nitrogens with one attached hydrogen (secondary N) is 1. The summed E-state index contributed by atoms with van der Waals surface area (Å²) in [6.45, 7) is 2.51. The van der Waals surface area contributed by atoms with Crippen LogP contribution in [0.5, 0.6) is 5.75 Å². The number of anilines is 1. The Balaban J connectivity index is 1.76. The van der Waals surface area contributed by atoms with Gasteiger partial charge in [0, 0.05) is 12.2 Å². The molecule has 0 atom stereocenters. The Kier molecular flexibility index (Phi) is 6.23. The standard InChI is InChI=1S/C21H22N2O5S/c1-16-6-3-4-8-20(16)22-21(24)23(15-19-7-5-13-27-19)14-17-9-11-18(12-10-17)28-29(2,25)26/h3-13H,14-15H2,1-2H3,(H,22,24). The van der Waals surface area contributed by atoms with Gasteiger partial charge in [0.05, 0.1) is 19.1 Å². The second-order valence-electron chi connectivity index (χ2n) is 6.61. The highest BCUT2D eigenvalue weighted by molar-refractivity contribution is 7.86. The number of urea groups is 1. The summed E-state index contributed by atoms with van der Waals surface area (Å²) in [5, 5.41) is 2.93. The van der Waals surface area contributed by atoms with Gasteiger partial charge in [-0.15, -0.1) is 0 Å². The lowest BCUT2D eigenvalue weighted by molar-refractivity contribution is 0.201. The SMILES string of the molecule is Cc1ccccc1NC(=O)N(Cc1ccc(OS(C)(=O)=O)cc1)Cc1ccco1. The molecule has 1 aromatic heterocycles. The highest BCUT2D eigenvalue weighted by atomic mass is 32.2. The topological polar surface area (TPSA) is 88.9 Å². The quantitative estimate of drug-likeness (QED) is 0.587.